The second-order valence-corrected chi connectivity index (χ2v) is 5.60. The Balaban J connectivity index is 1.73. The Bertz CT molecular complexity index is 618. The topological polar surface area (TPSA) is 79.8 Å². The highest BCUT2D eigenvalue weighted by Crippen LogP contribution is 2.30. The zero-order valence-corrected chi connectivity index (χ0v) is 12.0. The molecule has 0 atom stereocenters. The summed E-state index contributed by atoms with van der Waals surface area (Å²) in [6, 6.07) is 0. The minimum atomic E-state index is -0.273. The quantitative estimate of drug-likeness (QED) is 0.901. The van der Waals surface area contributed by atoms with Gasteiger partial charge in [-0.25, -0.2) is 9.97 Å². The van der Waals surface area contributed by atoms with Crippen molar-refractivity contribution in [3.63, 3.8) is 0 Å². The van der Waals surface area contributed by atoms with E-state index >= 15 is 0 Å². The Kier molecular flexibility index (Phi) is 3.60. The number of aromatic nitrogens is 3. The van der Waals surface area contributed by atoms with Crippen LogP contribution in [0, 0.1) is 0 Å². The number of rotatable bonds is 4. The number of carbonyl (C=O) groups excluding carboxylic acids is 1. The van der Waals surface area contributed by atoms with Crippen molar-refractivity contribution in [3.8, 4) is 0 Å². The highest BCUT2D eigenvalue weighted by molar-refractivity contribution is 7.15. The average Bonchev–Trinajstić information content (AvgIpc) is 3.00. The van der Waals surface area contributed by atoms with E-state index in [-0.39, 0.29) is 5.91 Å². The number of aryl methyl sites for hydroxylation is 2. The van der Waals surface area contributed by atoms with Gasteiger partial charge in [-0.1, -0.05) is 0 Å². The molecule has 2 N–H and O–H groups in total. The fourth-order valence-electron chi connectivity index (χ4n) is 2.15. The maximum Gasteiger partial charge on any atom is 0.277 e. The van der Waals surface area contributed by atoms with Crippen LogP contribution in [0.1, 0.15) is 34.4 Å². The first kappa shape index (κ1) is 13.0. The molecule has 0 spiro atoms. The van der Waals surface area contributed by atoms with Crippen molar-refractivity contribution in [2.24, 2.45) is 0 Å². The van der Waals surface area contributed by atoms with Crippen LogP contribution in [0.25, 0.3) is 0 Å². The summed E-state index contributed by atoms with van der Waals surface area (Å²) in [6.07, 6.45) is 6.30. The molecule has 0 radical (unpaired) electrons. The average molecular weight is 289 g/mol. The van der Waals surface area contributed by atoms with E-state index in [1.807, 2.05) is 6.92 Å². The van der Waals surface area contributed by atoms with E-state index in [0.29, 0.717) is 16.6 Å². The third kappa shape index (κ3) is 2.62. The van der Waals surface area contributed by atoms with Gasteiger partial charge in [0.25, 0.3) is 5.91 Å². The summed E-state index contributed by atoms with van der Waals surface area (Å²) in [5.41, 5.74) is 1.41. The van der Waals surface area contributed by atoms with Crippen molar-refractivity contribution in [1.82, 2.24) is 15.0 Å². The molecule has 1 amide bonds. The van der Waals surface area contributed by atoms with Gasteiger partial charge >= 0.3 is 0 Å². The lowest BCUT2D eigenvalue weighted by atomic mass is 10.4. The highest BCUT2D eigenvalue weighted by Gasteiger charge is 2.18. The molecule has 0 saturated carbocycles. The maximum atomic E-state index is 12.1. The first-order valence-corrected chi connectivity index (χ1v) is 7.43. The van der Waals surface area contributed by atoms with E-state index in [2.05, 4.69) is 25.6 Å². The van der Waals surface area contributed by atoms with E-state index in [0.717, 1.165) is 25.1 Å². The molecule has 6 nitrogen and oxygen atoms in total. The second kappa shape index (κ2) is 5.54. The van der Waals surface area contributed by atoms with Crippen LogP contribution >= 0.6 is 11.3 Å². The van der Waals surface area contributed by atoms with Crippen LogP contribution in [0.2, 0.25) is 0 Å². The molecule has 2 aromatic heterocycles. The van der Waals surface area contributed by atoms with Crippen molar-refractivity contribution in [3.05, 3.63) is 28.7 Å². The van der Waals surface area contributed by atoms with Crippen LogP contribution < -0.4 is 10.6 Å². The standard InChI is InChI=1S/C13H15N5OS/c1-2-15-11-7-14-6-9(16-11)12(19)18-13-17-8-4-3-5-10(8)20-13/h6-7H,2-5H2,1H3,(H,15,16)(H,17,18,19). The van der Waals surface area contributed by atoms with Gasteiger partial charge < -0.3 is 5.32 Å². The van der Waals surface area contributed by atoms with Gasteiger partial charge in [0.2, 0.25) is 0 Å². The van der Waals surface area contributed by atoms with Crippen LogP contribution in [0.3, 0.4) is 0 Å². The zero-order valence-electron chi connectivity index (χ0n) is 11.1. The molecular formula is C13H15N5OS. The molecule has 0 unspecified atom stereocenters. The van der Waals surface area contributed by atoms with Gasteiger partial charge in [-0.3, -0.25) is 15.1 Å². The zero-order chi connectivity index (χ0) is 13.9. The van der Waals surface area contributed by atoms with Crippen LogP contribution in [-0.2, 0) is 12.8 Å². The van der Waals surface area contributed by atoms with Crippen molar-refractivity contribution in [2.45, 2.75) is 26.2 Å². The predicted molar refractivity (Wildman–Crippen MR) is 78.3 cm³/mol. The van der Waals surface area contributed by atoms with Gasteiger partial charge in [0.15, 0.2) is 5.13 Å². The summed E-state index contributed by atoms with van der Waals surface area (Å²) in [6.45, 7) is 2.70. The summed E-state index contributed by atoms with van der Waals surface area (Å²) in [4.78, 5) is 26.1. The molecule has 0 saturated heterocycles. The third-order valence-corrected chi connectivity index (χ3v) is 4.11. The van der Waals surface area contributed by atoms with Gasteiger partial charge in [0.1, 0.15) is 11.5 Å². The monoisotopic (exact) mass is 289 g/mol. The molecule has 0 fully saturated rings. The van der Waals surface area contributed by atoms with E-state index in [9.17, 15) is 4.79 Å². The SMILES string of the molecule is CCNc1cncc(C(=O)Nc2nc3c(s2)CCC3)n1. The lowest BCUT2D eigenvalue weighted by Gasteiger charge is -2.04. The lowest BCUT2D eigenvalue weighted by molar-refractivity contribution is 0.102. The smallest absolute Gasteiger partial charge is 0.277 e. The number of carbonyl (C=O) groups is 1. The third-order valence-electron chi connectivity index (χ3n) is 3.04. The Morgan fingerprint density at radius 2 is 2.25 bits per heavy atom. The second-order valence-electron chi connectivity index (χ2n) is 4.52. The first-order chi connectivity index (χ1) is 9.76. The molecule has 7 heteroatoms. The summed E-state index contributed by atoms with van der Waals surface area (Å²) in [5, 5.41) is 6.48. The number of nitrogens with one attached hydrogen (secondary N) is 2. The summed E-state index contributed by atoms with van der Waals surface area (Å²) in [5.74, 6) is 0.325. The molecule has 1 aliphatic rings. The molecular weight excluding hydrogens is 274 g/mol. The Morgan fingerprint density at radius 1 is 1.35 bits per heavy atom. The summed E-state index contributed by atoms with van der Waals surface area (Å²) >= 11 is 1.55. The minimum absolute atomic E-state index is 0.273. The normalized spacial score (nSPS) is 13.1. The van der Waals surface area contributed by atoms with Crippen molar-refractivity contribution >= 4 is 28.2 Å². The first-order valence-electron chi connectivity index (χ1n) is 6.62. The molecule has 0 aliphatic heterocycles. The highest BCUT2D eigenvalue weighted by atomic mass is 32.1. The predicted octanol–water partition coefficient (Wildman–Crippen LogP) is 2.11. The van der Waals surface area contributed by atoms with Gasteiger partial charge in [-0.05, 0) is 26.2 Å². The number of nitrogens with zero attached hydrogens (tertiary/aromatic N) is 3. The van der Waals surface area contributed by atoms with Crippen LogP contribution in [0.5, 0.6) is 0 Å². The Labute approximate surface area is 120 Å². The largest absolute Gasteiger partial charge is 0.369 e. The van der Waals surface area contributed by atoms with Gasteiger partial charge in [0, 0.05) is 11.4 Å². The Hall–Kier alpha value is -2.02. The number of hydrogen-bond donors (Lipinski definition) is 2. The number of hydrogen-bond acceptors (Lipinski definition) is 6. The fraction of sp³-hybridized carbons (Fsp3) is 0.385. The summed E-state index contributed by atoms with van der Waals surface area (Å²) < 4.78 is 0. The van der Waals surface area contributed by atoms with Gasteiger partial charge in [0.05, 0.1) is 18.1 Å². The van der Waals surface area contributed by atoms with E-state index in [1.165, 1.54) is 17.5 Å². The lowest BCUT2D eigenvalue weighted by Crippen LogP contribution is -2.15. The van der Waals surface area contributed by atoms with Crippen molar-refractivity contribution < 1.29 is 4.79 Å². The fourth-order valence-corrected chi connectivity index (χ4v) is 3.19. The molecule has 2 aromatic rings. The molecule has 20 heavy (non-hydrogen) atoms. The van der Waals surface area contributed by atoms with E-state index in [4.69, 9.17) is 0 Å². The number of fused-ring (bicyclic) bond motifs is 1. The maximum absolute atomic E-state index is 12.1. The summed E-state index contributed by atoms with van der Waals surface area (Å²) in [7, 11) is 0. The van der Waals surface area contributed by atoms with Gasteiger partial charge in [-0.2, -0.15) is 0 Å². The van der Waals surface area contributed by atoms with E-state index < -0.39 is 0 Å². The molecule has 2 heterocycles. The van der Waals surface area contributed by atoms with Crippen LogP contribution in [0.15, 0.2) is 12.4 Å². The molecule has 0 aromatic carbocycles. The molecule has 0 bridgehead atoms. The molecule has 104 valence electrons. The van der Waals surface area contributed by atoms with Gasteiger partial charge in [-0.15, -0.1) is 11.3 Å². The number of amides is 1. The van der Waals surface area contributed by atoms with E-state index in [1.54, 1.807) is 17.5 Å². The Morgan fingerprint density at radius 3 is 3.05 bits per heavy atom. The molecule has 3 rings (SSSR count). The van der Waals surface area contributed by atoms with Crippen molar-refractivity contribution in [2.75, 3.05) is 17.2 Å². The molecule has 1 aliphatic carbocycles. The number of thiazole rings is 1. The number of anilines is 2. The van der Waals surface area contributed by atoms with Crippen molar-refractivity contribution in [1.29, 1.82) is 0 Å². The van der Waals surface area contributed by atoms with Crippen LogP contribution in [-0.4, -0.2) is 27.4 Å². The minimum Gasteiger partial charge on any atom is -0.369 e. The van der Waals surface area contributed by atoms with Crippen LogP contribution in [0.4, 0.5) is 10.9 Å².